The van der Waals surface area contributed by atoms with Crippen LogP contribution in [-0.4, -0.2) is 45.4 Å². The summed E-state index contributed by atoms with van der Waals surface area (Å²) in [7, 11) is 0. The molecule has 1 aliphatic rings. The summed E-state index contributed by atoms with van der Waals surface area (Å²) in [5, 5.41) is 5.16. The van der Waals surface area contributed by atoms with Gasteiger partial charge in [-0.05, 0) is 29.0 Å². The van der Waals surface area contributed by atoms with E-state index in [1.807, 2.05) is 24.3 Å². The van der Waals surface area contributed by atoms with Gasteiger partial charge in [0.05, 0.1) is 24.6 Å². The molecule has 1 saturated heterocycles. The zero-order chi connectivity index (χ0) is 19.1. The van der Waals surface area contributed by atoms with Crippen molar-refractivity contribution in [3.8, 4) is 5.75 Å². The molecular weight excluding hydrogens is 360 g/mol. The van der Waals surface area contributed by atoms with Crippen LogP contribution >= 0.6 is 11.3 Å². The standard InChI is InChI=1S/C21H28N2O3S/c1-16(2)17-6-3-4-7-19(17)26-15-21(24)22-14-18(20-8-5-13-27-20)23-9-11-25-12-10-23/h3-8,13,16,18H,9-12,14-15H2,1-2H3,(H,22,24)/p+1/t18-/m0/s1. The lowest BCUT2D eigenvalue weighted by Gasteiger charge is -2.31. The molecule has 1 aromatic heterocycles. The second kappa shape index (κ2) is 9.88. The number of amides is 1. The van der Waals surface area contributed by atoms with E-state index in [1.54, 1.807) is 11.3 Å². The molecule has 1 atom stereocenters. The first-order chi connectivity index (χ1) is 13.1. The number of rotatable bonds is 8. The highest BCUT2D eigenvalue weighted by Crippen LogP contribution is 2.25. The minimum atomic E-state index is -0.0808. The zero-order valence-corrected chi connectivity index (χ0v) is 16.9. The van der Waals surface area contributed by atoms with Crippen LogP contribution in [0.3, 0.4) is 0 Å². The van der Waals surface area contributed by atoms with Crippen molar-refractivity contribution in [3.05, 3.63) is 52.2 Å². The molecule has 0 bridgehead atoms. The number of para-hydroxylation sites is 1. The third-order valence-electron chi connectivity index (χ3n) is 4.92. The molecular formula is C21H29N2O3S+. The number of carbonyl (C=O) groups is 1. The van der Waals surface area contributed by atoms with Crippen molar-refractivity contribution < 1.29 is 19.2 Å². The highest BCUT2D eigenvalue weighted by atomic mass is 32.1. The second-order valence-electron chi connectivity index (χ2n) is 7.12. The predicted octanol–water partition coefficient (Wildman–Crippen LogP) is 2.02. The van der Waals surface area contributed by atoms with Crippen LogP contribution in [0.2, 0.25) is 0 Å². The summed E-state index contributed by atoms with van der Waals surface area (Å²) in [5.41, 5.74) is 1.12. The minimum absolute atomic E-state index is 0.0410. The summed E-state index contributed by atoms with van der Waals surface area (Å²) >= 11 is 1.75. The molecule has 2 N–H and O–H groups in total. The first kappa shape index (κ1) is 19.9. The van der Waals surface area contributed by atoms with Crippen molar-refractivity contribution in [3.63, 3.8) is 0 Å². The van der Waals surface area contributed by atoms with Gasteiger partial charge >= 0.3 is 0 Å². The number of thiophene rings is 1. The van der Waals surface area contributed by atoms with Gasteiger partial charge in [-0.2, -0.15) is 0 Å². The fourth-order valence-corrected chi connectivity index (χ4v) is 4.30. The molecule has 1 aliphatic heterocycles. The molecule has 0 spiro atoms. The van der Waals surface area contributed by atoms with Gasteiger partial charge in [-0.25, -0.2) is 0 Å². The van der Waals surface area contributed by atoms with Crippen LogP contribution in [0.15, 0.2) is 41.8 Å². The van der Waals surface area contributed by atoms with Crippen LogP contribution in [0.4, 0.5) is 0 Å². The number of carbonyl (C=O) groups excluding carboxylic acids is 1. The summed E-state index contributed by atoms with van der Waals surface area (Å²) in [5.74, 6) is 1.07. The monoisotopic (exact) mass is 389 g/mol. The van der Waals surface area contributed by atoms with E-state index in [0.717, 1.165) is 37.6 Å². The van der Waals surface area contributed by atoms with E-state index in [-0.39, 0.29) is 18.6 Å². The molecule has 3 rings (SSSR count). The number of hydrogen-bond acceptors (Lipinski definition) is 4. The minimum Gasteiger partial charge on any atom is -0.483 e. The number of hydrogen-bond donors (Lipinski definition) is 2. The molecule has 1 fully saturated rings. The first-order valence-electron chi connectivity index (χ1n) is 9.59. The number of benzene rings is 1. The Kier molecular flexibility index (Phi) is 7.26. The van der Waals surface area contributed by atoms with Crippen LogP contribution in [0.25, 0.3) is 0 Å². The largest absolute Gasteiger partial charge is 0.483 e. The third-order valence-corrected chi connectivity index (χ3v) is 5.90. The Morgan fingerprint density at radius 3 is 2.70 bits per heavy atom. The highest BCUT2D eigenvalue weighted by Gasteiger charge is 2.27. The van der Waals surface area contributed by atoms with Gasteiger partial charge < -0.3 is 19.7 Å². The highest BCUT2D eigenvalue weighted by molar-refractivity contribution is 7.10. The van der Waals surface area contributed by atoms with Gasteiger partial charge in [0.25, 0.3) is 5.91 Å². The zero-order valence-electron chi connectivity index (χ0n) is 16.1. The smallest absolute Gasteiger partial charge is 0.258 e. The molecule has 1 amide bonds. The molecule has 6 heteroatoms. The fraction of sp³-hybridized carbons (Fsp3) is 0.476. The maximum atomic E-state index is 12.4. The Morgan fingerprint density at radius 2 is 2.00 bits per heavy atom. The van der Waals surface area contributed by atoms with Gasteiger partial charge in [0.15, 0.2) is 6.61 Å². The summed E-state index contributed by atoms with van der Waals surface area (Å²) in [6.45, 7) is 8.40. The van der Waals surface area contributed by atoms with E-state index in [2.05, 4.69) is 36.7 Å². The summed E-state index contributed by atoms with van der Waals surface area (Å²) in [6.07, 6.45) is 0. The van der Waals surface area contributed by atoms with Crippen LogP contribution in [0, 0.1) is 0 Å². The maximum absolute atomic E-state index is 12.4. The van der Waals surface area contributed by atoms with Crippen molar-refractivity contribution in [1.82, 2.24) is 5.32 Å². The lowest BCUT2D eigenvalue weighted by atomic mass is 10.0. The van der Waals surface area contributed by atoms with Gasteiger partial charge in [-0.1, -0.05) is 38.1 Å². The van der Waals surface area contributed by atoms with Gasteiger partial charge in [-0.15, -0.1) is 11.3 Å². The van der Waals surface area contributed by atoms with Crippen molar-refractivity contribution in [2.45, 2.75) is 25.8 Å². The van der Waals surface area contributed by atoms with E-state index in [4.69, 9.17) is 9.47 Å². The molecule has 0 saturated carbocycles. The van der Waals surface area contributed by atoms with Crippen molar-refractivity contribution in [2.24, 2.45) is 0 Å². The Balaban J connectivity index is 1.55. The molecule has 0 aliphatic carbocycles. The van der Waals surface area contributed by atoms with Crippen LogP contribution in [0.1, 0.15) is 36.2 Å². The van der Waals surface area contributed by atoms with E-state index < -0.39 is 0 Å². The lowest BCUT2D eigenvalue weighted by molar-refractivity contribution is -0.937. The lowest BCUT2D eigenvalue weighted by Crippen LogP contribution is -3.15. The quantitative estimate of drug-likeness (QED) is 0.726. The van der Waals surface area contributed by atoms with Gasteiger partial charge in [0.2, 0.25) is 0 Å². The van der Waals surface area contributed by atoms with Gasteiger partial charge in [0, 0.05) is 0 Å². The van der Waals surface area contributed by atoms with Crippen LogP contribution in [-0.2, 0) is 9.53 Å². The molecule has 2 aromatic rings. The van der Waals surface area contributed by atoms with Crippen molar-refractivity contribution in [1.29, 1.82) is 0 Å². The second-order valence-corrected chi connectivity index (χ2v) is 8.10. The number of quaternary nitrogens is 1. The molecule has 0 unspecified atom stereocenters. The Bertz CT molecular complexity index is 712. The summed E-state index contributed by atoms with van der Waals surface area (Å²) < 4.78 is 11.3. The van der Waals surface area contributed by atoms with E-state index in [1.165, 1.54) is 9.78 Å². The first-order valence-corrected chi connectivity index (χ1v) is 10.5. The van der Waals surface area contributed by atoms with Crippen molar-refractivity contribution >= 4 is 17.2 Å². The third kappa shape index (κ3) is 5.54. The molecule has 2 heterocycles. The predicted molar refractivity (Wildman–Crippen MR) is 108 cm³/mol. The Morgan fingerprint density at radius 1 is 1.22 bits per heavy atom. The molecule has 27 heavy (non-hydrogen) atoms. The molecule has 0 radical (unpaired) electrons. The number of ether oxygens (including phenoxy) is 2. The Labute approximate surface area is 165 Å². The van der Waals surface area contributed by atoms with Crippen LogP contribution < -0.4 is 15.0 Å². The van der Waals surface area contributed by atoms with E-state index in [9.17, 15) is 4.79 Å². The van der Waals surface area contributed by atoms with Gasteiger partial charge in [-0.3, -0.25) is 4.79 Å². The van der Waals surface area contributed by atoms with E-state index >= 15 is 0 Å². The summed E-state index contributed by atoms with van der Waals surface area (Å²) in [6, 6.07) is 12.4. The molecule has 146 valence electrons. The Hall–Kier alpha value is -1.89. The average Bonchev–Trinajstić information content (AvgIpc) is 3.22. The average molecular weight is 390 g/mol. The SMILES string of the molecule is CC(C)c1ccccc1OCC(=O)NC[C@@H](c1cccs1)[NH+]1CCOCC1. The molecule has 5 nitrogen and oxygen atoms in total. The summed E-state index contributed by atoms with van der Waals surface area (Å²) in [4.78, 5) is 15.2. The van der Waals surface area contributed by atoms with E-state index in [0.29, 0.717) is 12.5 Å². The number of nitrogens with one attached hydrogen (secondary N) is 2. The number of morpholine rings is 1. The molecule has 1 aromatic carbocycles. The topological polar surface area (TPSA) is 52.0 Å². The maximum Gasteiger partial charge on any atom is 0.258 e. The van der Waals surface area contributed by atoms with Crippen molar-refractivity contribution in [2.75, 3.05) is 39.5 Å². The van der Waals surface area contributed by atoms with Gasteiger partial charge in [0.1, 0.15) is 24.9 Å². The normalized spacial score (nSPS) is 16.3. The van der Waals surface area contributed by atoms with Crippen LogP contribution in [0.5, 0.6) is 5.75 Å². The fourth-order valence-electron chi connectivity index (χ4n) is 3.42.